The molecule has 0 fully saturated rings. The second-order valence-corrected chi connectivity index (χ2v) is 11.5. The molecule has 2 rings (SSSR count). The van der Waals surface area contributed by atoms with Crippen molar-refractivity contribution in [2.45, 2.75) is 45.5 Å². The fourth-order valence-corrected chi connectivity index (χ4v) is 2.65. The molecule has 4 heteroatoms. The fourth-order valence-electron chi connectivity index (χ4n) is 1.69. The topological polar surface area (TPSA) is 39.4 Å². The maximum atomic E-state index is 11.2. The Morgan fingerprint density at radius 1 is 1.15 bits per heavy atom. The van der Waals surface area contributed by atoms with Crippen LogP contribution >= 0.6 is 0 Å². The highest BCUT2D eigenvalue weighted by atomic mass is 28.4. The molecule has 1 aromatic heterocycles. The van der Waals surface area contributed by atoms with Crippen molar-refractivity contribution in [1.29, 1.82) is 0 Å². The Balaban J connectivity index is 2.19. The van der Waals surface area contributed by atoms with E-state index in [1.165, 1.54) is 6.07 Å². The van der Waals surface area contributed by atoms with Crippen molar-refractivity contribution in [3.8, 4) is 0 Å². The first-order valence-corrected chi connectivity index (χ1v) is 9.77. The molecule has 0 aliphatic carbocycles. The standard InChI is InChI=1S/C16H22O3Si/c1-16(2,3)20(4,5)18-11-12-6-8-14-13(10-12)7-9-15(17)19-14/h6-10H,11H2,1-5H3. The van der Waals surface area contributed by atoms with Crippen LogP contribution in [0.5, 0.6) is 0 Å². The van der Waals surface area contributed by atoms with Crippen LogP contribution in [0.25, 0.3) is 11.0 Å². The van der Waals surface area contributed by atoms with Crippen LogP contribution in [-0.4, -0.2) is 8.32 Å². The molecule has 108 valence electrons. The first-order valence-electron chi connectivity index (χ1n) is 6.86. The van der Waals surface area contributed by atoms with Gasteiger partial charge in [-0.1, -0.05) is 26.8 Å². The first kappa shape index (κ1) is 15.0. The monoisotopic (exact) mass is 290 g/mol. The van der Waals surface area contributed by atoms with Gasteiger partial charge in [0.1, 0.15) is 5.58 Å². The minimum absolute atomic E-state index is 0.205. The van der Waals surface area contributed by atoms with E-state index in [1.54, 1.807) is 6.07 Å². The van der Waals surface area contributed by atoms with E-state index in [0.717, 1.165) is 10.9 Å². The zero-order chi connectivity index (χ0) is 15.0. The SMILES string of the molecule is CC(C)(C)[Si](C)(C)OCc1ccc2oc(=O)ccc2c1. The maximum Gasteiger partial charge on any atom is 0.336 e. The summed E-state index contributed by atoms with van der Waals surface area (Å²) in [6, 6.07) is 9.04. The van der Waals surface area contributed by atoms with Gasteiger partial charge in [-0.3, -0.25) is 0 Å². The molecule has 0 aliphatic heterocycles. The minimum atomic E-state index is -1.74. The normalized spacial score (nSPS) is 12.8. The summed E-state index contributed by atoms with van der Waals surface area (Å²) < 4.78 is 11.3. The Morgan fingerprint density at radius 2 is 1.85 bits per heavy atom. The van der Waals surface area contributed by atoms with Gasteiger partial charge in [-0.15, -0.1) is 0 Å². The Bertz CT molecular complexity index is 665. The summed E-state index contributed by atoms with van der Waals surface area (Å²) in [5.74, 6) is 0. The average molecular weight is 290 g/mol. The third-order valence-electron chi connectivity index (χ3n) is 4.09. The molecule has 3 nitrogen and oxygen atoms in total. The highest BCUT2D eigenvalue weighted by Gasteiger charge is 2.36. The molecule has 0 bridgehead atoms. The summed E-state index contributed by atoms with van der Waals surface area (Å²) in [5, 5.41) is 1.14. The Kier molecular flexibility index (Phi) is 3.89. The molecule has 0 unspecified atom stereocenters. The Labute approximate surface area is 120 Å². The molecule has 0 aliphatic rings. The van der Waals surface area contributed by atoms with E-state index in [2.05, 4.69) is 33.9 Å². The van der Waals surface area contributed by atoms with Crippen LogP contribution in [0.15, 0.2) is 39.5 Å². The largest absolute Gasteiger partial charge is 0.423 e. The summed E-state index contributed by atoms with van der Waals surface area (Å²) in [6.07, 6.45) is 0. The molecule has 20 heavy (non-hydrogen) atoms. The van der Waals surface area contributed by atoms with Crippen LogP contribution in [0.2, 0.25) is 18.1 Å². The minimum Gasteiger partial charge on any atom is -0.423 e. The van der Waals surface area contributed by atoms with Gasteiger partial charge in [-0.05, 0) is 41.9 Å². The van der Waals surface area contributed by atoms with E-state index in [4.69, 9.17) is 8.84 Å². The summed E-state index contributed by atoms with van der Waals surface area (Å²) in [5.41, 5.74) is 1.41. The molecular weight excluding hydrogens is 268 g/mol. The average Bonchev–Trinajstić information content (AvgIpc) is 2.35. The van der Waals surface area contributed by atoms with E-state index >= 15 is 0 Å². The second-order valence-electron chi connectivity index (χ2n) is 6.68. The Hall–Kier alpha value is -1.39. The molecule has 1 heterocycles. The van der Waals surface area contributed by atoms with Gasteiger partial charge in [0.15, 0.2) is 8.32 Å². The lowest BCUT2D eigenvalue weighted by molar-refractivity contribution is 0.276. The van der Waals surface area contributed by atoms with Crippen molar-refractivity contribution in [1.82, 2.24) is 0 Å². The van der Waals surface area contributed by atoms with Gasteiger partial charge >= 0.3 is 5.63 Å². The van der Waals surface area contributed by atoms with E-state index in [1.807, 2.05) is 18.2 Å². The fraction of sp³-hybridized carbons (Fsp3) is 0.438. The third-order valence-corrected chi connectivity index (χ3v) is 8.57. The van der Waals surface area contributed by atoms with Gasteiger partial charge in [-0.2, -0.15) is 0 Å². The lowest BCUT2D eigenvalue weighted by Crippen LogP contribution is -2.40. The van der Waals surface area contributed by atoms with Crippen molar-refractivity contribution in [3.05, 3.63) is 46.3 Å². The van der Waals surface area contributed by atoms with Crippen LogP contribution in [0.4, 0.5) is 0 Å². The molecule has 1 aromatic carbocycles. The van der Waals surface area contributed by atoms with Crippen molar-refractivity contribution < 1.29 is 8.84 Å². The molecule has 0 spiro atoms. The predicted octanol–water partition coefficient (Wildman–Crippen LogP) is 4.31. The molecule has 0 saturated carbocycles. The van der Waals surface area contributed by atoms with Gasteiger partial charge in [0, 0.05) is 11.5 Å². The van der Waals surface area contributed by atoms with Gasteiger partial charge in [0.2, 0.25) is 0 Å². The quantitative estimate of drug-likeness (QED) is 0.624. The van der Waals surface area contributed by atoms with Crippen molar-refractivity contribution in [2.75, 3.05) is 0 Å². The van der Waals surface area contributed by atoms with Crippen molar-refractivity contribution in [3.63, 3.8) is 0 Å². The van der Waals surface area contributed by atoms with Gasteiger partial charge in [-0.25, -0.2) is 4.79 Å². The molecular formula is C16H22O3Si. The van der Waals surface area contributed by atoms with E-state index < -0.39 is 8.32 Å². The highest BCUT2D eigenvalue weighted by molar-refractivity contribution is 6.74. The summed E-state index contributed by atoms with van der Waals surface area (Å²) in [7, 11) is -1.74. The molecule has 0 atom stereocenters. The van der Waals surface area contributed by atoms with E-state index in [0.29, 0.717) is 12.2 Å². The van der Waals surface area contributed by atoms with Crippen LogP contribution < -0.4 is 5.63 Å². The number of rotatable bonds is 3. The summed E-state index contributed by atoms with van der Waals surface area (Å²) in [6.45, 7) is 11.8. The number of hydrogen-bond donors (Lipinski definition) is 0. The smallest absolute Gasteiger partial charge is 0.336 e. The number of fused-ring (bicyclic) bond motifs is 1. The molecule has 0 amide bonds. The lowest BCUT2D eigenvalue weighted by atomic mass is 10.1. The molecule has 0 saturated heterocycles. The summed E-state index contributed by atoms with van der Waals surface area (Å²) >= 11 is 0. The number of benzene rings is 1. The number of hydrogen-bond acceptors (Lipinski definition) is 3. The van der Waals surface area contributed by atoms with Crippen LogP contribution in [0, 0.1) is 0 Å². The molecule has 0 radical (unpaired) electrons. The van der Waals surface area contributed by atoms with Gasteiger partial charge < -0.3 is 8.84 Å². The van der Waals surface area contributed by atoms with E-state index in [-0.39, 0.29) is 10.7 Å². The summed E-state index contributed by atoms with van der Waals surface area (Å²) in [4.78, 5) is 11.2. The van der Waals surface area contributed by atoms with Crippen molar-refractivity contribution >= 4 is 19.3 Å². The van der Waals surface area contributed by atoms with E-state index in [9.17, 15) is 4.79 Å². The third kappa shape index (κ3) is 3.19. The first-order chi connectivity index (χ1) is 9.19. The van der Waals surface area contributed by atoms with Gasteiger partial charge in [0.05, 0.1) is 6.61 Å². The zero-order valence-electron chi connectivity index (χ0n) is 12.8. The maximum absolute atomic E-state index is 11.2. The predicted molar refractivity (Wildman–Crippen MR) is 84.5 cm³/mol. The second kappa shape index (κ2) is 5.18. The molecule has 2 aromatic rings. The highest BCUT2D eigenvalue weighted by Crippen LogP contribution is 2.37. The van der Waals surface area contributed by atoms with Crippen LogP contribution in [0.1, 0.15) is 26.3 Å². The van der Waals surface area contributed by atoms with Crippen LogP contribution in [-0.2, 0) is 11.0 Å². The zero-order valence-corrected chi connectivity index (χ0v) is 13.8. The van der Waals surface area contributed by atoms with Gasteiger partial charge in [0.25, 0.3) is 0 Å². The van der Waals surface area contributed by atoms with Crippen LogP contribution in [0.3, 0.4) is 0 Å². The Morgan fingerprint density at radius 3 is 2.50 bits per heavy atom. The van der Waals surface area contributed by atoms with Crippen molar-refractivity contribution in [2.24, 2.45) is 0 Å². The lowest BCUT2D eigenvalue weighted by Gasteiger charge is -2.36. The molecule has 0 N–H and O–H groups in total.